The van der Waals surface area contributed by atoms with Crippen molar-refractivity contribution in [3.63, 3.8) is 0 Å². The fourth-order valence-electron chi connectivity index (χ4n) is 3.40. The summed E-state index contributed by atoms with van der Waals surface area (Å²) in [6.45, 7) is 12.2. The quantitative estimate of drug-likeness (QED) is 0.392. The van der Waals surface area contributed by atoms with E-state index >= 15 is 0 Å². The first kappa shape index (κ1) is 26.1. The van der Waals surface area contributed by atoms with Gasteiger partial charge in [-0.1, -0.05) is 71.9 Å². The van der Waals surface area contributed by atoms with E-state index in [-0.39, 0.29) is 22.4 Å². The molecule has 0 spiro atoms. The molecule has 3 aromatic rings. The number of hydrogen-bond acceptors (Lipinski definition) is 3. The van der Waals surface area contributed by atoms with Crippen LogP contribution in [-0.2, 0) is 17.0 Å². The van der Waals surface area contributed by atoms with Crippen LogP contribution in [0.5, 0.6) is 11.6 Å². The molecule has 1 aromatic heterocycles. The zero-order chi connectivity index (χ0) is 26.0. The van der Waals surface area contributed by atoms with E-state index in [0.29, 0.717) is 17.6 Å². The number of amides is 2. The van der Waals surface area contributed by atoms with Gasteiger partial charge in [0.1, 0.15) is 11.4 Å². The third kappa shape index (κ3) is 6.74. The number of ether oxygens (including phenoxy) is 1. The third-order valence-electron chi connectivity index (χ3n) is 5.34. The molecular weight excluding hydrogens is 455 g/mol. The van der Waals surface area contributed by atoms with Gasteiger partial charge in [-0.25, -0.2) is 9.78 Å². The number of hydrogen-bond donors (Lipinski definition) is 2. The summed E-state index contributed by atoms with van der Waals surface area (Å²) in [7, 11) is 0. The summed E-state index contributed by atoms with van der Waals surface area (Å²) < 4.78 is 46.0. The number of aromatic nitrogens is 1. The standard InChI is InChI=1S/C27H30F3N3O2/c1-25(2,3)17-11-13-19(14-12-17)32-24(34)33-21-15-18(27(28,29)30)16-31-23(21)35-22-10-8-7-9-20(22)26(4,5)6/h7-16H,1-6H3,(H2,32,33,34). The van der Waals surface area contributed by atoms with Crippen LogP contribution in [-0.4, -0.2) is 11.0 Å². The number of nitrogens with one attached hydrogen (secondary N) is 2. The molecule has 8 heteroatoms. The Balaban J connectivity index is 1.89. The summed E-state index contributed by atoms with van der Waals surface area (Å²) >= 11 is 0. The highest BCUT2D eigenvalue weighted by Crippen LogP contribution is 2.38. The second-order valence-corrected chi connectivity index (χ2v) is 10.3. The predicted octanol–water partition coefficient (Wildman–Crippen LogP) is 8.13. The molecule has 2 N–H and O–H groups in total. The number of anilines is 2. The summed E-state index contributed by atoms with van der Waals surface area (Å²) in [6, 6.07) is 14.5. The molecule has 0 atom stereocenters. The van der Waals surface area contributed by atoms with E-state index in [2.05, 4.69) is 36.4 Å². The van der Waals surface area contributed by atoms with E-state index in [4.69, 9.17) is 4.74 Å². The van der Waals surface area contributed by atoms with E-state index < -0.39 is 17.8 Å². The lowest BCUT2D eigenvalue weighted by Gasteiger charge is -2.23. The molecule has 0 aliphatic carbocycles. The van der Waals surface area contributed by atoms with E-state index in [1.165, 1.54) is 0 Å². The fourth-order valence-corrected chi connectivity index (χ4v) is 3.40. The Labute approximate surface area is 203 Å². The van der Waals surface area contributed by atoms with Gasteiger partial charge in [0, 0.05) is 17.4 Å². The highest BCUT2D eigenvalue weighted by atomic mass is 19.4. The molecule has 0 unspecified atom stereocenters. The lowest BCUT2D eigenvalue weighted by molar-refractivity contribution is -0.137. The summed E-state index contributed by atoms with van der Waals surface area (Å²) in [5.41, 5.74) is 0.879. The molecule has 0 aliphatic heterocycles. The van der Waals surface area contributed by atoms with Gasteiger partial charge in [-0.2, -0.15) is 13.2 Å². The van der Waals surface area contributed by atoms with Crippen LogP contribution in [0.4, 0.5) is 29.3 Å². The van der Waals surface area contributed by atoms with Crippen LogP contribution in [0.2, 0.25) is 0 Å². The topological polar surface area (TPSA) is 63.2 Å². The first-order valence-electron chi connectivity index (χ1n) is 11.2. The molecule has 0 fully saturated rings. The molecule has 0 saturated heterocycles. The maximum absolute atomic E-state index is 13.4. The van der Waals surface area contributed by atoms with Gasteiger partial charge in [0.15, 0.2) is 0 Å². The molecule has 1 heterocycles. The van der Waals surface area contributed by atoms with Gasteiger partial charge in [-0.3, -0.25) is 0 Å². The molecule has 0 saturated carbocycles. The van der Waals surface area contributed by atoms with E-state index in [9.17, 15) is 18.0 Å². The maximum Gasteiger partial charge on any atom is 0.417 e. The minimum absolute atomic E-state index is 0.0555. The second kappa shape index (κ2) is 9.60. The number of para-hydroxylation sites is 1. The zero-order valence-corrected chi connectivity index (χ0v) is 20.7. The Kier molecular flexibility index (Phi) is 7.15. The Bertz CT molecular complexity index is 1190. The van der Waals surface area contributed by atoms with Gasteiger partial charge in [0.2, 0.25) is 5.88 Å². The highest BCUT2D eigenvalue weighted by molar-refractivity contribution is 6.00. The van der Waals surface area contributed by atoms with Crippen LogP contribution < -0.4 is 15.4 Å². The van der Waals surface area contributed by atoms with Crippen LogP contribution in [0.3, 0.4) is 0 Å². The number of halogens is 3. The number of nitrogens with zero attached hydrogens (tertiary/aromatic N) is 1. The monoisotopic (exact) mass is 485 g/mol. The minimum atomic E-state index is -4.63. The van der Waals surface area contributed by atoms with Gasteiger partial charge in [-0.05, 0) is 40.7 Å². The summed E-state index contributed by atoms with van der Waals surface area (Å²) in [5, 5.41) is 5.10. The van der Waals surface area contributed by atoms with Crippen molar-refractivity contribution in [2.75, 3.05) is 10.6 Å². The molecule has 186 valence electrons. The van der Waals surface area contributed by atoms with Crippen molar-refractivity contribution in [1.82, 2.24) is 4.98 Å². The molecule has 0 radical (unpaired) electrons. The third-order valence-corrected chi connectivity index (χ3v) is 5.34. The van der Waals surface area contributed by atoms with Crippen molar-refractivity contribution in [3.05, 3.63) is 77.5 Å². The average molecular weight is 486 g/mol. The molecular formula is C27H30F3N3O2. The average Bonchev–Trinajstić information content (AvgIpc) is 2.73. The number of carbonyl (C=O) groups is 1. The van der Waals surface area contributed by atoms with Crippen molar-refractivity contribution in [3.8, 4) is 11.6 Å². The molecule has 2 aromatic carbocycles. The minimum Gasteiger partial charge on any atom is -0.437 e. The number of carbonyl (C=O) groups excluding carboxylic acids is 1. The Hall–Kier alpha value is -3.55. The fraction of sp³-hybridized carbons (Fsp3) is 0.333. The molecule has 35 heavy (non-hydrogen) atoms. The summed E-state index contributed by atoms with van der Waals surface area (Å²) in [4.78, 5) is 16.5. The number of rotatable bonds is 4. The Morgan fingerprint density at radius 1 is 0.829 bits per heavy atom. The molecule has 0 bridgehead atoms. The van der Waals surface area contributed by atoms with E-state index in [1.807, 2.05) is 45.0 Å². The van der Waals surface area contributed by atoms with Gasteiger partial charge in [0.05, 0.1) is 5.56 Å². The molecule has 2 amide bonds. The number of benzene rings is 2. The summed E-state index contributed by atoms with van der Waals surface area (Å²) in [5.74, 6) is 0.293. The number of alkyl halides is 3. The lowest BCUT2D eigenvalue weighted by Crippen LogP contribution is -2.21. The van der Waals surface area contributed by atoms with Crippen molar-refractivity contribution in [1.29, 1.82) is 0 Å². The number of urea groups is 1. The Morgan fingerprint density at radius 3 is 2.03 bits per heavy atom. The van der Waals surface area contributed by atoms with Crippen LogP contribution in [0.1, 0.15) is 58.2 Å². The second-order valence-electron chi connectivity index (χ2n) is 10.3. The van der Waals surface area contributed by atoms with E-state index in [1.54, 1.807) is 24.3 Å². The molecule has 3 rings (SSSR count). The van der Waals surface area contributed by atoms with Gasteiger partial charge in [0.25, 0.3) is 0 Å². The number of pyridine rings is 1. The van der Waals surface area contributed by atoms with Crippen LogP contribution >= 0.6 is 0 Å². The predicted molar refractivity (Wildman–Crippen MR) is 132 cm³/mol. The molecule has 0 aliphatic rings. The first-order valence-corrected chi connectivity index (χ1v) is 11.2. The lowest BCUT2D eigenvalue weighted by atomic mass is 9.86. The van der Waals surface area contributed by atoms with Gasteiger partial charge >= 0.3 is 12.2 Å². The van der Waals surface area contributed by atoms with Crippen molar-refractivity contribution >= 4 is 17.4 Å². The maximum atomic E-state index is 13.4. The highest BCUT2D eigenvalue weighted by Gasteiger charge is 2.32. The summed E-state index contributed by atoms with van der Waals surface area (Å²) in [6.07, 6.45) is -3.95. The smallest absolute Gasteiger partial charge is 0.417 e. The van der Waals surface area contributed by atoms with Gasteiger partial charge in [-0.15, -0.1) is 0 Å². The largest absolute Gasteiger partial charge is 0.437 e. The van der Waals surface area contributed by atoms with Crippen LogP contribution in [0.15, 0.2) is 60.8 Å². The van der Waals surface area contributed by atoms with E-state index in [0.717, 1.165) is 17.2 Å². The molecule has 5 nitrogen and oxygen atoms in total. The first-order chi connectivity index (χ1) is 16.1. The van der Waals surface area contributed by atoms with Crippen molar-refractivity contribution in [2.24, 2.45) is 0 Å². The van der Waals surface area contributed by atoms with Crippen LogP contribution in [0.25, 0.3) is 0 Å². The SMILES string of the molecule is CC(C)(C)c1ccc(NC(=O)Nc2cc(C(F)(F)F)cnc2Oc2ccccc2C(C)(C)C)cc1. The van der Waals surface area contributed by atoms with Crippen LogP contribution in [0, 0.1) is 0 Å². The van der Waals surface area contributed by atoms with Gasteiger partial charge < -0.3 is 15.4 Å². The van der Waals surface area contributed by atoms with Crippen molar-refractivity contribution < 1.29 is 22.7 Å². The normalized spacial score (nSPS) is 12.3. The van der Waals surface area contributed by atoms with Crippen molar-refractivity contribution in [2.45, 2.75) is 58.5 Å². The zero-order valence-electron chi connectivity index (χ0n) is 20.7. The Morgan fingerprint density at radius 2 is 1.46 bits per heavy atom.